The molecule has 0 radical (unpaired) electrons. The molecule has 53 heavy (non-hydrogen) atoms. The summed E-state index contributed by atoms with van der Waals surface area (Å²) in [5.41, 5.74) is 0.285. The number of benzene rings is 4. The van der Waals surface area contributed by atoms with Gasteiger partial charge in [0.15, 0.2) is 11.5 Å². The van der Waals surface area contributed by atoms with E-state index in [-0.39, 0.29) is 43.8 Å². The average molecular weight is 765 g/mol. The number of sulfone groups is 1. The summed E-state index contributed by atoms with van der Waals surface area (Å²) < 4.78 is 64.9. The van der Waals surface area contributed by atoms with E-state index in [0.717, 1.165) is 37.5 Å². The molecule has 1 unspecified atom stereocenters. The Kier molecular flexibility index (Phi) is 12.7. The number of sulfonamides is 1. The lowest BCUT2D eigenvalue weighted by molar-refractivity contribution is -0.140. The lowest BCUT2D eigenvalue weighted by atomic mass is 9.80. The van der Waals surface area contributed by atoms with Crippen molar-refractivity contribution in [3.8, 4) is 23.0 Å². The highest BCUT2D eigenvalue weighted by Gasteiger charge is 2.37. The molecule has 0 saturated carbocycles. The first kappa shape index (κ1) is 40.9. The molecule has 1 atom stereocenters. The Hall–Kier alpha value is -4.88. The molecule has 13 heteroatoms. The number of anilines is 2. The standard InChI is InChI=1S/C40H48N2O9S2/c1-8-9-10-25-40(5,6)27-11-16-30(17-12-27)50-35-24-13-28(42-52(7,46)47)26-34(35)41-38(45)36(37(44)39(2,3)4)51-31-18-22-33(23-19-31)53(48,49)32-20-14-29(43)15-21-32/h11-24,26,36,42-43H,8-10,25H2,1-7H3,(H,41,45). The molecule has 0 bridgehead atoms. The summed E-state index contributed by atoms with van der Waals surface area (Å²) in [6.45, 7) is 11.5. The van der Waals surface area contributed by atoms with Crippen LogP contribution in [0, 0.1) is 5.41 Å². The first-order chi connectivity index (χ1) is 24.7. The first-order valence-electron chi connectivity index (χ1n) is 17.3. The number of hydrogen-bond donors (Lipinski definition) is 3. The van der Waals surface area contributed by atoms with Crippen molar-refractivity contribution in [3.05, 3.63) is 96.6 Å². The van der Waals surface area contributed by atoms with Crippen molar-refractivity contribution in [1.82, 2.24) is 0 Å². The van der Waals surface area contributed by atoms with Crippen LogP contribution in [-0.2, 0) is 34.9 Å². The van der Waals surface area contributed by atoms with Gasteiger partial charge in [0.2, 0.25) is 26.0 Å². The molecule has 0 spiro atoms. The van der Waals surface area contributed by atoms with Crippen LogP contribution in [0.2, 0.25) is 0 Å². The number of aromatic hydroxyl groups is 1. The molecule has 0 aromatic heterocycles. The van der Waals surface area contributed by atoms with Crippen molar-refractivity contribution < 1.29 is 41.0 Å². The van der Waals surface area contributed by atoms with Gasteiger partial charge in [-0.1, -0.05) is 72.9 Å². The molecule has 4 aromatic carbocycles. The Morgan fingerprint density at radius 2 is 1.34 bits per heavy atom. The van der Waals surface area contributed by atoms with Gasteiger partial charge in [-0.25, -0.2) is 16.8 Å². The number of phenols is 1. The molecule has 0 fully saturated rings. The number of unbranched alkanes of at least 4 members (excludes halogenated alkanes) is 2. The number of Topliss-reactive ketones (excluding diaryl/α,β-unsaturated/α-hetero) is 1. The van der Waals surface area contributed by atoms with Crippen molar-refractivity contribution in [3.63, 3.8) is 0 Å². The van der Waals surface area contributed by atoms with Crippen molar-refractivity contribution in [1.29, 1.82) is 0 Å². The van der Waals surface area contributed by atoms with E-state index in [4.69, 9.17) is 9.47 Å². The number of ketones is 1. The summed E-state index contributed by atoms with van der Waals surface area (Å²) in [5, 5.41) is 12.2. The van der Waals surface area contributed by atoms with Gasteiger partial charge < -0.3 is 19.9 Å². The van der Waals surface area contributed by atoms with Crippen molar-refractivity contribution >= 4 is 42.9 Å². The second kappa shape index (κ2) is 16.4. The Morgan fingerprint density at radius 1 is 0.774 bits per heavy atom. The van der Waals surface area contributed by atoms with Crippen LogP contribution < -0.4 is 19.5 Å². The fraction of sp³-hybridized carbons (Fsp3) is 0.350. The Morgan fingerprint density at radius 3 is 1.89 bits per heavy atom. The Labute approximate surface area is 312 Å². The number of rotatable bonds is 16. The van der Waals surface area contributed by atoms with E-state index in [0.29, 0.717) is 5.75 Å². The van der Waals surface area contributed by atoms with E-state index in [9.17, 15) is 31.5 Å². The molecule has 0 aliphatic rings. The van der Waals surface area contributed by atoms with Gasteiger partial charge in [0.1, 0.15) is 17.2 Å². The second-order valence-corrected chi connectivity index (χ2v) is 18.3. The zero-order chi connectivity index (χ0) is 39.2. The number of amides is 1. The van der Waals surface area contributed by atoms with E-state index in [1.54, 1.807) is 20.8 Å². The smallest absolute Gasteiger partial charge is 0.273 e. The minimum absolute atomic E-state index is 0.0306. The number of hydrogen-bond acceptors (Lipinski definition) is 9. The third-order valence-corrected chi connectivity index (χ3v) is 11.0. The summed E-state index contributed by atoms with van der Waals surface area (Å²) >= 11 is 0. The van der Waals surface area contributed by atoms with Gasteiger partial charge in [-0.05, 0) is 96.3 Å². The Bertz CT molecular complexity index is 2120. The van der Waals surface area contributed by atoms with Crippen LogP contribution in [0.3, 0.4) is 0 Å². The molecule has 0 saturated heterocycles. The van der Waals surface area contributed by atoms with E-state index in [2.05, 4.69) is 30.8 Å². The van der Waals surface area contributed by atoms with Crippen LogP contribution in [0.4, 0.5) is 11.4 Å². The monoisotopic (exact) mass is 764 g/mol. The summed E-state index contributed by atoms with van der Waals surface area (Å²) in [5.74, 6) is -0.813. The molecule has 4 aromatic rings. The van der Waals surface area contributed by atoms with E-state index < -0.39 is 43.1 Å². The molecule has 1 amide bonds. The molecule has 0 heterocycles. The molecule has 0 aliphatic heterocycles. The van der Waals surface area contributed by atoms with Crippen molar-refractivity contribution in [2.24, 2.45) is 5.41 Å². The van der Waals surface area contributed by atoms with Crippen LogP contribution in [0.25, 0.3) is 0 Å². The average Bonchev–Trinajstić information content (AvgIpc) is 3.07. The van der Waals surface area contributed by atoms with Gasteiger partial charge in [-0.3, -0.25) is 14.3 Å². The highest BCUT2D eigenvalue weighted by molar-refractivity contribution is 7.92. The third kappa shape index (κ3) is 11.1. The van der Waals surface area contributed by atoms with Gasteiger partial charge in [-0.15, -0.1) is 0 Å². The predicted octanol–water partition coefficient (Wildman–Crippen LogP) is 8.25. The second-order valence-electron chi connectivity index (χ2n) is 14.6. The third-order valence-electron chi connectivity index (χ3n) is 8.56. The van der Waals surface area contributed by atoms with Crippen LogP contribution in [0.15, 0.2) is 101 Å². The van der Waals surface area contributed by atoms with E-state index >= 15 is 0 Å². The fourth-order valence-electron chi connectivity index (χ4n) is 5.47. The maximum atomic E-state index is 13.9. The maximum absolute atomic E-state index is 13.9. The number of phenolic OH excluding ortho intramolecular Hbond substituents is 1. The molecule has 3 N–H and O–H groups in total. The molecular weight excluding hydrogens is 717 g/mol. The molecule has 0 aliphatic carbocycles. The van der Waals surface area contributed by atoms with Crippen LogP contribution >= 0.6 is 0 Å². The normalized spacial score (nSPS) is 12.8. The highest BCUT2D eigenvalue weighted by Crippen LogP contribution is 2.36. The highest BCUT2D eigenvalue weighted by atomic mass is 32.2. The van der Waals surface area contributed by atoms with Crippen molar-refractivity contribution in [2.45, 2.75) is 88.5 Å². The van der Waals surface area contributed by atoms with Crippen molar-refractivity contribution in [2.75, 3.05) is 16.3 Å². The summed E-state index contributed by atoms with van der Waals surface area (Å²) in [6.07, 6.45) is 3.76. The first-order valence-corrected chi connectivity index (χ1v) is 20.6. The van der Waals surface area contributed by atoms with Gasteiger partial charge in [0.25, 0.3) is 5.91 Å². The summed E-state index contributed by atoms with van der Waals surface area (Å²) in [7, 11) is -7.62. The largest absolute Gasteiger partial charge is 0.508 e. The number of carbonyl (C=O) groups is 2. The van der Waals surface area contributed by atoms with Crippen LogP contribution in [-0.4, -0.2) is 46.0 Å². The molecule has 4 rings (SSSR count). The minimum atomic E-state index is -3.94. The Balaban J connectivity index is 1.63. The lowest BCUT2D eigenvalue weighted by Crippen LogP contribution is -2.45. The van der Waals surface area contributed by atoms with Gasteiger partial charge in [0.05, 0.1) is 27.4 Å². The summed E-state index contributed by atoms with van der Waals surface area (Å²) in [6, 6.07) is 22.3. The minimum Gasteiger partial charge on any atom is -0.508 e. The zero-order valence-corrected chi connectivity index (χ0v) is 32.7. The fourth-order valence-corrected chi connectivity index (χ4v) is 7.29. The van der Waals surface area contributed by atoms with Gasteiger partial charge >= 0.3 is 0 Å². The van der Waals surface area contributed by atoms with E-state index in [1.165, 1.54) is 66.7 Å². The SMILES string of the molecule is CCCCCC(C)(C)c1ccc(Oc2ccc(NS(C)(=O)=O)cc2NC(=O)C(Oc2ccc(S(=O)(=O)c3ccc(O)cc3)cc2)C(=O)C(C)(C)C)cc1. The van der Waals surface area contributed by atoms with Crippen LogP contribution in [0.5, 0.6) is 23.0 Å². The van der Waals surface area contributed by atoms with Gasteiger partial charge in [-0.2, -0.15) is 0 Å². The van der Waals surface area contributed by atoms with E-state index in [1.807, 2.05) is 24.3 Å². The molecular formula is C40H48N2O9S2. The number of ether oxygens (including phenoxy) is 2. The topological polar surface area (TPSA) is 165 Å². The molecule has 11 nitrogen and oxygen atoms in total. The maximum Gasteiger partial charge on any atom is 0.273 e. The zero-order valence-electron chi connectivity index (χ0n) is 31.1. The number of carbonyl (C=O) groups excluding carboxylic acids is 2. The van der Waals surface area contributed by atoms with Gasteiger partial charge in [0, 0.05) is 5.41 Å². The van der Waals surface area contributed by atoms with Crippen LogP contribution in [0.1, 0.15) is 72.8 Å². The predicted molar refractivity (Wildman–Crippen MR) is 206 cm³/mol. The number of nitrogens with one attached hydrogen (secondary N) is 2. The molecule has 284 valence electrons. The summed E-state index contributed by atoms with van der Waals surface area (Å²) in [4.78, 5) is 27.5. The quantitative estimate of drug-likeness (QED) is 0.0753. The lowest BCUT2D eigenvalue weighted by Gasteiger charge is -2.26.